The van der Waals surface area contributed by atoms with Gasteiger partial charge in [0.15, 0.2) is 0 Å². The van der Waals surface area contributed by atoms with Crippen molar-refractivity contribution in [3.8, 4) is 11.4 Å². The molecule has 37 heavy (non-hydrogen) atoms. The van der Waals surface area contributed by atoms with Crippen molar-refractivity contribution < 1.29 is 19.1 Å². The van der Waals surface area contributed by atoms with Gasteiger partial charge in [0.05, 0.1) is 38.8 Å². The summed E-state index contributed by atoms with van der Waals surface area (Å²) in [7, 11) is 0. The number of rotatable bonds is 6. The van der Waals surface area contributed by atoms with Crippen molar-refractivity contribution in [1.29, 1.82) is 0 Å². The summed E-state index contributed by atoms with van der Waals surface area (Å²) in [6, 6.07) is 18.8. The van der Waals surface area contributed by atoms with Gasteiger partial charge in [-0.25, -0.2) is 9.78 Å². The second-order valence-corrected chi connectivity index (χ2v) is 8.62. The molecule has 184 valence electrons. The third kappa shape index (κ3) is 5.25. The van der Waals surface area contributed by atoms with Gasteiger partial charge in [0, 0.05) is 29.5 Å². The third-order valence-electron chi connectivity index (χ3n) is 5.44. The first-order valence-electron chi connectivity index (χ1n) is 11.0. The number of carbonyl (C=O) groups is 2. The zero-order chi connectivity index (χ0) is 25.8. The van der Waals surface area contributed by atoms with Crippen LogP contribution < -0.4 is 10.1 Å². The van der Waals surface area contributed by atoms with Gasteiger partial charge in [-0.1, -0.05) is 59.6 Å². The number of imidazole rings is 1. The Bertz CT molecular complexity index is 1570. The molecule has 0 saturated heterocycles. The van der Waals surface area contributed by atoms with Crippen LogP contribution in [0.2, 0.25) is 10.0 Å². The minimum absolute atomic E-state index is 0.103. The van der Waals surface area contributed by atoms with Crippen LogP contribution in [0, 0.1) is 0 Å². The normalized spacial score (nSPS) is 10.8. The number of aromatic nitrogens is 3. The maximum absolute atomic E-state index is 13.0. The number of ether oxygens (including phenoxy) is 2. The molecule has 0 bridgehead atoms. The molecule has 0 aliphatic carbocycles. The van der Waals surface area contributed by atoms with Crippen molar-refractivity contribution in [3.63, 3.8) is 0 Å². The van der Waals surface area contributed by atoms with Gasteiger partial charge in [-0.15, -0.1) is 0 Å². The zero-order valence-electron chi connectivity index (χ0n) is 19.1. The fraction of sp³-hybridized carbons (Fsp3) is 0.0370. The van der Waals surface area contributed by atoms with Gasteiger partial charge < -0.3 is 19.4 Å². The Balaban J connectivity index is 1.47. The number of nitrogens with one attached hydrogen (secondary N) is 1. The Morgan fingerprint density at radius 3 is 2.43 bits per heavy atom. The molecule has 2 heterocycles. The molecule has 0 unspecified atom stereocenters. The summed E-state index contributed by atoms with van der Waals surface area (Å²) in [5, 5.41) is 4.02. The van der Waals surface area contributed by atoms with Gasteiger partial charge in [0.1, 0.15) is 12.4 Å². The van der Waals surface area contributed by atoms with Gasteiger partial charge in [-0.3, -0.25) is 9.78 Å². The number of nitrogens with zero attached hydrogens (tertiary/aromatic N) is 3. The van der Waals surface area contributed by atoms with Crippen LogP contribution in [-0.2, 0) is 11.3 Å². The van der Waals surface area contributed by atoms with E-state index in [0.29, 0.717) is 33.6 Å². The van der Waals surface area contributed by atoms with E-state index in [1.54, 1.807) is 84.1 Å². The minimum atomic E-state index is -0.847. The second-order valence-electron chi connectivity index (χ2n) is 7.81. The van der Waals surface area contributed by atoms with Crippen molar-refractivity contribution in [2.24, 2.45) is 0 Å². The molecule has 8 nitrogen and oxygen atoms in total. The largest absolute Gasteiger partial charge is 0.514 e. The number of hydrogen-bond acceptors (Lipinski definition) is 6. The average Bonchev–Trinajstić information content (AvgIpc) is 3.42. The van der Waals surface area contributed by atoms with Gasteiger partial charge in [0.2, 0.25) is 0 Å². The van der Waals surface area contributed by atoms with E-state index >= 15 is 0 Å². The highest BCUT2D eigenvalue weighted by atomic mass is 35.5. The average molecular weight is 533 g/mol. The van der Waals surface area contributed by atoms with Gasteiger partial charge in [-0.2, -0.15) is 0 Å². The maximum Gasteiger partial charge on any atom is 0.514 e. The van der Waals surface area contributed by atoms with Crippen molar-refractivity contribution in [1.82, 2.24) is 14.5 Å². The lowest BCUT2D eigenvalue weighted by Crippen LogP contribution is -2.14. The number of para-hydroxylation sites is 2. The molecule has 1 amide bonds. The molecule has 0 fully saturated rings. The standard InChI is InChI=1S/C27H18Cl2N4O4/c28-20-9-5-10-21(29)23(20)26(34)32-22-11-4-8-19-24(22)31-14-17(25(19)33-13-12-30-16-33)15-36-27(35)37-18-6-2-1-3-7-18/h1-14,16H,15H2,(H,32,34). The molecule has 5 aromatic rings. The first-order valence-corrected chi connectivity index (χ1v) is 11.8. The molecule has 0 spiro atoms. The van der Waals surface area contributed by atoms with E-state index in [-0.39, 0.29) is 22.2 Å². The summed E-state index contributed by atoms with van der Waals surface area (Å²) in [6.45, 7) is -0.103. The van der Waals surface area contributed by atoms with E-state index < -0.39 is 12.1 Å². The summed E-state index contributed by atoms with van der Waals surface area (Å²) in [4.78, 5) is 34.0. The minimum Gasteiger partial charge on any atom is -0.429 e. The zero-order valence-corrected chi connectivity index (χ0v) is 20.6. The molecular formula is C27H18Cl2N4O4. The Morgan fingerprint density at radius 1 is 0.946 bits per heavy atom. The quantitative estimate of drug-likeness (QED) is 0.193. The van der Waals surface area contributed by atoms with Crippen LogP contribution in [0.4, 0.5) is 10.5 Å². The van der Waals surface area contributed by atoms with Crippen LogP contribution in [0.15, 0.2) is 91.6 Å². The maximum atomic E-state index is 13.0. The molecule has 0 aliphatic rings. The van der Waals surface area contributed by atoms with E-state index in [1.807, 2.05) is 12.1 Å². The fourth-order valence-electron chi connectivity index (χ4n) is 3.80. The van der Waals surface area contributed by atoms with Crippen LogP contribution in [0.5, 0.6) is 5.75 Å². The molecule has 3 aromatic carbocycles. The Morgan fingerprint density at radius 2 is 1.70 bits per heavy atom. The van der Waals surface area contributed by atoms with Crippen LogP contribution in [0.1, 0.15) is 15.9 Å². The molecule has 2 aromatic heterocycles. The molecule has 1 N–H and O–H groups in total. The number of anilines is 1. The van der Waals surface area contributed by atoms with Crippen molar-refractivity contribution in [2.75, 3.05) is 5.32 Å². The topological polar surface area (TPSA) is 95.3 Å². The van der Waals surface area contributed by atoms with Crippen LogP contribution in [0.25, 0.3) is 16.6 Å². The molecule has 0 atom stereocenters. The van der Waals surface area contributed by atoms with E-state index in [4.69, 9.17) is 32.7 Å². The van der Waals surface area contributed by atoms with Gasteiger partial charge >= 0.3 is 6.16 Å². The number of halogens is 2. The summed E-state index contributed by atoms with van der Waals surface area (Å²) in [6.07, 6.45) is 5.74. The van der Waals surface area contributed by atoms with E-state index in [2.05, 4.69) is 15.3 Å². The molecular weight excluding hydrogens is 515 g/mol. The van der Waals surface area contributed by atoms with Crippen LogP contribution >= 0.6 is 23.2 Å². The molecule has 0 radical (unpaired) electrons. The smallest absolute Gasteiger partial charge is 0.429 e. The summed E-state index contributed by atoms with van der Waals surface area (Å²) in [5.41, 5.74) is 2.42. The molecule has 10 heteroatoms. The van der Waals surface area contributed by atoms with E-state index in [9.17, 15) is 9.59 Å². The predicted octanol–water partition coefficient (Wildman–Crippen LogP) is 6.70. The number of benzene rings is 3. The predicted molar refractivity (Wildman–Crippen MR) is 141 cm³/mol. The van der Waals surface area contributed by atoms with Crippen molar-refractivity contribution >= 4 is 51.9 Å². The van der Waals surface area contributed by atoms with Crippen molar-refractivity contribution in [3.05, 3.63) is 113 Å². The van der Waals surface area contributed by atoms with Gasteiger partial charge in [-0.05, 0) is 30.3 Å². The molecule has 0 aliphatic heterocycles. The Kier molecular flexibility index (Phi) is 7.02. The SMILES string of the molecule is O=C(OCc1cnc2c(NC(=O)c3c(Cl)cccc3Cl)cccc2c1-n1ccnc1)Oc1ccccc1. The summed E-state index contributed by atoms with van der Waals surface area (Å²) >= 11 is 12.4. The van der Waals surface area contributed by atoms with Gasteiger partial charge in [0.25, 0.3) is 5.91 Å². The highest BCUT2D eigenvalue weighted by Crippen LogP contribution is 2.31. The van der Waals surface area contributed by atoms with Crippen LogP contribution in [0.3, 0.4) is 0 Å². The third-order valence-corrected chi connectivity index (χ3v) is 6.07. The number of hydrogen-bond donors (Lipinski definition) is 1. The van der Waals surface area contributed by atoms with Crippen molar-refractivity contribution in [2.45, 2.75) is 6.61 Å². The number of fused-ring (bicyclic) bond motifs is 1. The number of amides is 1. The molecule has 0 saturated carbocycles. The molecule has 5 rings (SSSR count). The second kappa shape index (κ2) is 10.7. The highest BCUT2D eigenvalue weighted by Gasteiger charge is 2.19. The lowest BCUT2D eigenvalue weighted by Gasteiger charge is -2.16. The summed E-state index contributed by atoms with van der Waals surface area (Å²) in [5.74, 6) is -0.0943. The lowest BCUT2D eigenvalue weighted by molar-refractivity contribution is 0.0926. The monoisotopic (exact) mass is 532 g/mol. The van der Waals surface area contributed by atoms with E-state index in [0.717, 1.165) is 0 Å². The van der Waals surface area contributed by atoms with E-state index in [1.165, 1.54) is 0 Å². The Hall–Kier alpha value is -4.40. The van der Waals surface area contributed by atoms with Crippen LogP contribution in [-0.4, -0.2) is 26.6 Å². The lowest BCUT2D eigenvalue weighted by atomic mass is 10.1. The summed E-state index contributed by atoms with van der Waals surface area (Å²) < 4.78 is 12.4. The fourth-order valence-corrected chi connectivity index (χ4v) is 4.37. The first-order chi connectivity index (χ1) is 18.0. The number of pyridine rings is 1. The first kappa shape index (κ1) is 24.3. The Labute approximate surface area is 221 Å². The highest BCUT2D eigenvalue weighted by molar-refractivity contribution is 6.40. The number of carbonyl (C=O) groups excluding carboxylic acids is 2.